The van der Waals surface area contributed by atoms with Gasteiger partial charge in [-0.2, -0.15) is 0 Å². The zero-order chi connectivity index (χ0) is 13.7. The summed E-state index contributed by atoms with van der Waals surface area (Å²) in [6.45, 7) is 2.83. The average Bonchev–Trinajstić information content (AvgIpc) is 2.35. The Kier molecular flexibility index (Phi) is 2.68. The molecule has 3 atom stereocenters. The van der Waals surface area contributed by atoms with Gasteiger partial charge in [-0.15, -0.1) is 0 Å². The number of hydrogen-bond donors (Lipinski definition) is 3. The lowest BCUT2D eigenvalue weighted by Crippen LogP contribution is -2.61. The van der Waals surface area contributed by atoms with E-state index in [2.05, 4.69) is 0 Å². The van der Waals surface area contributed by atoms with Gasteiger partial charge in [0.2, 0.25) is 0 Å². The third kappa shape index (κ3) is 1.69. The topological polar surface area (TPSA) is 93.5 Å². The summed E-state index contributed by atoms with van der Waals surface area (Å²) in [5.41, 5.74) is 0.0129. The van der Waals surface area contributed by atoms with Crippen molar-refractivity contribution < 1.29 is 24.9 Å². The van der Waals surface area contributed by atoms with Crippen LogP contribution in [0.2, 0.25) is 0 Å². The van der Waals surface area contributed by atoms with Crippen LogP contribution in [0, 0.1) is 0 Å². The first kappa shape index (κ1) is 12.3. The molecule has 19 heavy (non-hydrogen) atoms. The molecule has 3 heterocycles. The van der Waals surface area contributed by atoms with Crippen molar-refractivity contribution in [3.63, 3.8) is 0 Å². The monoisotopic (exact) mass is 268 g/mol. The molecule has 0 bridgehead atoms. The second-order valence-electron chi connectivity index (χ2n) is 5.02. The molecule has 1 amide bonds. The van der Waals surface area contributed by atoms with Crippen molar-refractivity contribution in [1.82, 2.24) is 9.80 Å². The van der Waals surface area contributed by atoms with Crippen molar-refractivity contribution in [2.45, 2.75) is 31.7 Å². The molecule has 3 N–H and O–H groups in total. The number of piperazine rings is 1. The SMILES string of the molecule is C[C@@H]1CCO[C@@H]2CN3C=C(O)C(O)C(O)=C3C(=O)N12. The fraction of sp³-hybridized carbons (Fsp3) is 0.583. The molecule has 3 rings (SSSR count). The Labute approximate surface area is 110 Å². The molecule has 0 aliphatic carbocycles. The predicted octanol–water partition coefficient (Wildman–Crippen LogP) is -0.191. The zero-order valence-corrected chi connectivity index (χ0v) is 10.5. The number of ether oxygens (including phenoxy) is 1. The van der Waals surface area contributed by atoms with E-state index in [1.807, 2.05) is 6.92 Å². The molecule has 0 spiro atoms. The molecule has 0 saturated carbocycles. The van der Waals surface area contributed by atoms with E-state index in [9.17, 15) is 20.1 Å². The molecule has 7 heteroatoms. The van der Waals surface area contributed by atoms with Crippen molar-refractivity contribution in [2.24, 2.45) is 0 Å². The highest BCUT2D eigenvalue weighted by molar-refractivity contribution is 5.95. The van der Waals surface area contributed by atoms with Crippen LogP contribution in [0.5, 0.6) is 0 Å². The number of carbonyl (C=O) groups excluding carboxylic acids is 1. The van der Waals surface area contributed by atoms with Gasteiger partial charge < -0.3 is 29.9 Å². The van der Waals surface area contributed by atoms with E-state index < -0.39 is 18.1 Å². The second-order valence-corrected chi connectivity index (χ2v) is 5.02. The molecule has 3 aliphatic rings. The first-order valence-corrected chi connectivity index (χ1v) is 6.23. The third-order valence-electron chi connectivity index (χ3n) is 3.78. The predicted molar refractivity (Wildman–Crippen MR) is 63.7 cm³/mol. The van der Waals surface area contributed by atoms with Crippen molar-refractivity contribution in [3.8, 4) is 0 Å². The molecule has 0 aromatic carbocycles. The Balaban J connectivity index is 2.00. The van der Waals surface area contributed by atoms with Crippen LogP contribution in [0.1, 0.15) is 13.3 Å². The number of rotatable bonds is 0. The summed E-state index contributed by atoms with van der Waals surface area (Å²) in [5, 5.41) is 29.0. The molecule has 0 aromatic heterocycles. The normalized spacial score (nSPS) is 34.9. The largest absolute Gasteiger partial charge is 0.508 e. The van der Waals surface area contributed by atoms with E-state index in [-0.39, 0.29) is 23.4 Å². The minimum atomic E-state index is -1.53. The number of aliphatic hydroxyl groups excluding tert-OH is 3. The third-order valence-corrected chi connectivity index (χ3v) is 3.78. The molecule has 1 unspecified atom stereocenters. The van der Waals surface area contributed by atoms with Gasteiger partial charge in [0.05, 0.1) is 13.2 Å². The first-order chi connectivity index (χ1) is 9.00. The van der Waals surface area contributed by atoms with Gasteiger partial charge in [0.25, 0.3) is 5.91 Å². The minimum Gasteiger partial charge on any atom is -0.508 e. The van der Waals surface area contributed by atoms with Crippen LogP contribution in [0.25, 0.3) is 0 Å². The van der Waals surface area contributed by atoms with E-state index in [0.29, 0.717) is 13.2 Å². The standard InChI is InChI=1S/C12H16N2O5/c1-6-2-3-19-8-5-13-4-7(15)10(16)11(17)9(13)12(18)14(6)8/h4,6,8,10,15-17H,2-3,5H2,1H3/t6-,8-,10?/m1/s1. The van der Waals surface area contributed by atoms with Gasteiger partial charge in [-0.1, -0.05) is 0 Å². The number of amides is 1. The number of fused-ring (bicyclic) bond motifs is 2. The van der Waals surface area contributed by atoms with Gasteiger partial charge in [-0.3, -0.25) is 4.79 Å². The van der Waals surface area contributed by atoms with E-state index in [1.54, 1.807) is 4.90 Å². The maximum absolute atomic E-state index is 12.4. The summed E-state index contributed by atoms with van der Waals surface area (Å²) >= 11 is 0. The van der Waals surface area contributed by atoms with Crippen LogP contribution >= 0.6 is 0 Å². The van der Waals surface area contributed by atoms with Crippen molar-refractivity contribution in [2.75, 3.05) is 13.2 Å². The Bertz CT molecular complexity index is 487. The highest BCUT2D eigenvalue weighted by Gasteiger charge is 2.45. The second kappa shape index (κ2) is 4.14. The Morgan fingerprint density at radius 1 is 1.42 bits per heavy atom. The molecule has 0 aromatic rings. The average molecular weight is 268 g/mol. The molecular formula is C12H16N2O5. The van der Waals surface area contributed by atoms with E-state index in [1.165, 1.54) is 11.1 Å². The van der Waals surface area contributed by atoms with E-state index in [4.69, 9.17) is 4.74 Å². The maximum Gasteiger partial charge on any atom is 0.276 e. The van der Waals surface area contributed by atoms with Gasteiger partial charge in [-0.05, 0) is 13.3 Å². The van der Waals surface area contributed by atoms with Gasteiger partial charge in [0, 0.05) is 12.2 Å². The van der Waals surface area contributed by atoms with Gasteiger partial charge in [0.15, 0.2) is 18.1 Å². The van der Waals surface area contributed by atoms with Crippen LogP contribution < -0.4 is 0 Å². The fourth-order valence-corrected chi connectivity index (χ4v) is 2.73. The zero-order valence-electron chi connectivity index (χ0n) is 10.5. The highest BCUT2D eigenvalue weighted by Crippen LogP contribution is 2.32. The summed E-state index contributed by atoms with van der Waals surface area (Å²) in [7, 11) is 0. The summed E-state index contributed by atoms with van der Waals surface area (Å²) < 4.78 is 5.55. The molecule has 7 nitrogen and oxygen atoms in total. The number of nitrogens with zero attached hydrogens (tertiary/aromatic N) is 2. The maximum atomic E-state index is 12.4. The van der Waals surface area contributed by atoms with Crippen LogP contribution in [0.4, 0.5) is 0 Å². The lowest BCUT2D eigenvalue weighted by atomic mass is 10.0. The molecule has 0 radical (unpaired) electrons. The smallest absolute Gasteiger partial charge is 0.276 e. The molecule has 2 saturated heterocycles. The molecule has 2 fully saturated rings. The van der Waals surface area contributed by atoms with Gasteiger partial charge >= 0.3 is 0 Å². The Morgan fingerprint density at radius 2 is 2.16 bits per heavy atom. The minimum absolute atomic E-state index is 0.0129. The van der Waals surface area contributed by atoms with Gasteiger partial charge in [-0.25, -0.2) is 0 Å². The van der Waals surface area contributed by atoms with Crippen molar-refractivity contribution >= 4 is 5.91 Å². The van der Waals surface area contributed by atoms with Crippen molar-refractivity contribution in [1.29, 1.82) is 0 Å². The molecule has 104 valence electrons. The van der Waals surface area contributed by atoms with Gasteiger partial charge in [0.1, 0.15) is 11.5 Å². The highest BCUT2D eigenvalue weighted by atomic mass is 16.5. The van der Waals surface area contributed by atoms with Crippen LogP contribution in [0.15, 0.2) is 23.4 Å². The lowest BCUT2D eigenvalue weighted by Gasteiger charge is -2.48. The molecular weight excluding hydrogens is 252 g/mol. The first-order valence-electron chi connectivity index (χ1n) is 6.23. The summed E-state index contributed by atoms with van der Waals surface area (Å²) in [6, 6.07) is 0.0188. The fourth-order valence-electron chi connectivity index (χ4n) is 2.73. The summed E-state index contributed by atoms with van der Waals surface area (Å²) in [5.74, 6) is -1.28. The number of aliphatic hydroxyl groups is 3. The van der Waals surface area contributed by atoms with Crippen LogP contribution in [-0.2, 0) is 9.53 Å². The summed E-state index contributed by atoms with van der Waals surface area (Å²) in [6.07, 6.45) is 0.0668. The number of hydrogen-bond acceptors (Lipinski definition) is 6. The van der Waals surface area contributed by atoms with E-state index >= 15 is 0 Å². The summed E-state index contributed by atoms with van der Waals surface area (Å²) in [4.78, 5) is 15.4. The quantitative estimate of drug-likeness (QED) is 0.564. The number of carbonyl (C=O) groups is 1. The lowest BCUT2D eigenvalue weighted by molar-refractivity contribution is -0.171. The van der Waals surface area contributed by atoms with Crippen molar-refractivity contribution in [3.05, 3.63) is 23.4 Å². The Morgan fingerprint density at radius 3 is 2.89 bits per heavy atom. The molecule has 3 aliphatic heterocycles. The Hall–Kier alpha value is -1.73. The van der Waals surface area contributed by atoms with Crippen LogP contribution in [0.3, 0.4) is 0 Å². The van der Waals surface area contributed by atoms with Crippen LogP contribution in [-0.4, -0.2) is 62.6 Å². The van der Waals surface area contributed by atoms with E-state index in [0.717, 1.165) is 6.42 Å².